The van der Waals surface area contributed by atoms with Gasteiger partial charge in [-0.05, 0) is 49.8 Å². The van der Waals surface area contributed by atoms with Crippen LogP contribution >= 0.6 is 0 Å². The zero-order valence-electron chi connectivity index (χ0n) is 13.4. The minimum absolute atomic E-state index is 0.407. The first-order valence-electron chi connectivity index (χ1n) is 8.26. The molecule has 0 radical (unpaired) electrons. The van der Waals surface area contributed by atoms with Gasteiger partial charge in [-0.15, -0.1) is 0 Å². The van der Waals surface area contributed by atoms with Gasteiger partial charge in [0.25, 0.3) is 0 Å². The molecule has 3 nitrogen and oxygen atoms in total. The number of rotatable bonds is 9. The Kier molecular flexibility index (Phi) is 7.20. The molecule has 118 valence electrons. The molecule has 1 aromatic rings. The van der Waals surface area contributed by atoms with Crippen LogP contribution in [0.25, 0.3) is 0 Å². The number of nitrogens with one attached hydrogen (secondary N) is 1. The second-order valence-electron chi connectivity index (χ2n) is 5.86. The van der Waals surface area contributed by atoms with Crippen molar-refractivity contribution in [1.29, 1.82) is 0 Å². The topological polar surface area (TPSA) is 30.5 Å². The average molecular weight is 291 g/mol. The predicted molar refractivity (Wildman–Crippen MR) is 86.6 cm³/mol. The Labute approximate surface area is 129 Å². The Morgan fingerprint density at radius 1 is 1.33 bits per heavy atom. The Bertz CT molecular complexity index is 385. The molecule has 3 heteroatoms. The third-order valence-electron chi connectivity index (χ3n) is 4.14. The van der Waals surface area contributed by atoms with Crippen LogP contribution in [0.5, 0.6) is 0 Å². The van der Waals surface area contributed by atoms with E-state index in [1.54, 1.807) is 7.11 Å². The van der Waals surface area contributed by atoms with Crippen molar-refractivity contribution in [3.63, 3.8) is 0 Å². The second-order valence-corrected chi connectivity index (χ2v) is 5.86. The van der Waals surface area contributed by atoms with E-state index in [9.17, 15) is 0 Å². The maximum Gasteiger partial charge on any atom is 0.0594 e. The molecule has 1 heterocycles. The van der Waals surface area contributed by atoms with Crippen LogP contribution in [-0.2, 0) is 15.9 Å². The molecule has 0 spiro atoms. The van der Waals surface area contributed by atoms with E-state index in [0.29, 0.717) is 12.1 Å². The third kappa shape index (κ3) is 5.42. The highest BCUT2D eigenvalue weighted by atomic mass is 16.5. The van der Waals surface area contributed by atoms with Crippen molar-refractivity contribution in [3.05, 3.63) is 35.4 Å². The Morgan fingerprint density at radius 2 is 2.14 bits per heavy atom. The van der Waals surface area contributed by atoms with Gasteiger partial charge >= 0.3 is 0 Å². The smallest absolute Gasteiger partial charge is 0.0594 e. The lowest BCUT2D eigenvalue weighted by molar-refractivity contribution is 0.0946. The molecule has 0 bridgehead atoms. The van der Waals surface area contributed by atoms with Gasteiger partial charge < -0.3 is 14.8 Å². The summed E-state index contributed by atoms with van der Waals surface area (Å²) in [4.78, 5) is 0. The fraction of sp³-hybridized carbons (Fsp3) is 0.667. The molecular weight excluding hydrogens is 262 g/mol. The van der Waals surface area contributed by atoms with E-state index >= 15 is 0 Å². The van der Waals surface area contributed by atoms with Gasteiger partial charge in [0, 0.05) is 19.8 Å². The summed E-state index contributed by atoms with van der Waals surface area (Å²) in [5.41, 5.74) is 2.71. The van der Waals surface area contributed by atoms with Crippen molar-refractivity contribution in [2.75, 3.05) is 26.9 Å². The normalized spacial score (nSPS) is 19.8. The van der Waals surface area contributed by atoms with Crippen molar-refractivity contribution in [2.45, 2.75) is 51.2 Å². The summed E-state index contributed by atoms with van der Waals surface area (Å²) >= 11 is 0. The minimum Gasteiger partial charge on any atom is -0.384 e. The van der Waals surface area contributed by atoms with E-state index in [1.165, 1.54) is 24.0 Å². The Morgan fingerprint density at radius 3 is 2.76 bits per heavy atom. The Balaban J connectivity index is 1.97. The maximum absolute atomic E-state index is 5.81. The van der Waals surface area contributed by atoms with Crippen LogP contribution in [0.1, 0.15) is 49.8 Å². The minimum atomic E-state index is 0.407. The fourth-order valence-electron chi connectivity index (χ4n) is 2.89. The molecule has 1 aromatic carbocycles. The van der Waals surface area contributed by atoms with E-state index in [1.807, 2.05) is 0 Å². The first-order chi connectivity index (χ1) is 10.3. The summed E-state index contributed by atoms with van der Waals surface area (Å²) in [5, 5.41) is 3.67. The maximum atomic E-state index is 5.81. The molecule has 21 heavy (non-hydrogen) atoms. The van der Waals surface area contributed by atoms with Gasteiger partial charge in [-0.3, -0.25) is 0 Å². The first-order valence-corrected chi connectivity index (χ1v) is 8.26. The second kappa shape index (κ2) is 9.19. The zero-order chi connectivity index (χ0) is 14.9. The van der Waals surface area contributed by atoms with E-state index < -0.39 is 0 Å². The molecule has 1 saturated heterocycles. The quantitative estimate of drug-likeness (QED) is 0.755. The number of ether oxygens (including phenoxy) is 2. The van der Waals surface area contributed by atoms with E-state index in [0.717, 1.165) is 39.0 Å². The number of benzene rings is 1. The lowest BCUT2D eigenvalue weighted by Gasteiger charge is -2.22. The highest BCUT2D eigenvalue weighted by Gasteiger charge is 2.21. The van der Waals surface area contributed by atoms with E-state index in [2.05, 4.69) is 36.5 Å². The molecule has 0 aromatic heterocycles. The fourth-order valence-corrected chi connectivity index (χ4v) is 2.89. The van der Waals surface area contributed by atoms with Crippen LogP contribution in [0.3, 0.4) is 0 Å². The van der Waals surface area contributed by atoms with Crippen molar-refractivity contribution in [1.82, 2.24) is 5.32 Å². The molecule has 1 fully saturated rings. The van der Waals surface area contributed by atoms with Gasteiger partial charge in [-0.1, -0.05) is 31.2 Å². The Hall–Kier alpha value is -0.900. The zero-order valence-corrected chi connectivity index (χ0v) is 13.4. The van der Waals surface area contributed by atoms with Gasteiger partial charge in [-0.25, -0.2) is 0 Å². The summed E-state index contributed by atoms with van der Waals surface area (Å²) in [6.07, 6.45) is 6.06. The van der Waals surface area contributed by atoms with E-state index in [4.69, 9.17) is 9.47 Å². The summed E-state index contributed by atoms with van der Waals surface area (Å²) in [6, 6.07) is 9.37. The number of hydrogen-bond acceptors (Lipinski definition) is 3. The van der Waals surface area contributed by atoms with Gasteiger partial charge in [0.05, 0.1) is 12.7 Å². The SMILES string of the molecule is CCCNC(CC1CCCO1)c1ccc(CCOC)cc1. The van der Waals surface area contributed by atoms with Crippen LogP contribution < -0.4 is 5.32 Å². The molecule has 0 saturated carbocycles. The van der Waals surface area contributed by atoms with Crippen molar-refractivity contribution in [3.8, 4) is 0 Å². The van der Waals surface area contributed by atoms with Crippen LogP contribution in [0, 0.1) is 0 Å². The highest BCUT2D eigenvalue weighted by molar-refractivity contribution is 5.25. The molecular formula is C18H29NO2. The first kappa shape index (κ1) is 16.5. The van der Waals surface area contributed by atoms with Gasteiger partial charge in [-0.2, -0.15) is 0 Å². The molecule has 1 N–H and O–H groups in total. The van der Waals surface area contributed by atoms with Crippen LogP contribution in [0.4, 0.5) is 0 Å². The summed E-state index contributed by atoms with van der Waals surface area (Å²) in [5.74, 6) is 0. The molecule has 2 atom stereocenters. The van der Waals surface area contributed by atoms with Crippen molar-refractivity contribution >= 4 is 0 Å². The van der Waals surface area contributed by atoms with Gasteiger partial charge in [0.1, 0.15) is 0 Å². The number of hydrogen-bond donors (Lipinski definition) is 1. The number of methoxy groups -OCH3 is 1. The molecule has 0 amide bonds. The largest absolute Gasteiger partial charge is 0.384 e. The molecule has 2 unspecified atom stereocenters. The van der Waals surface area contributed by atoms with Crippen molar-refractivity contribution in [2.24, 2.45) is 0 Å². The van der Waals surface area contributed by atoms with Crippen molar-refractivity contribution < 1.29 is 9.47 Å². The monoisotopic (exact) mass is 291 g/mol. The standard InChI is InChI=1S/C18H29NO2/c1-3-11-19-18(14-17-5-4-12-21-17)16-8-6-15(7-9-16)10-13-20-2/h6-9,17-19H,3-5,10-14H2,1-2H3. The van der Waals surface area contributed by atoms with Crippen LogP contribution in [0.15, 0.2) is 24.3 Å². The summed E-state index contributed by atoms with van der Waals surface area (Å²) < 4.78 is 10.9. The predicted octanol–water partition coefficient (Wildman–Crippen LogP) is 3.49. The van der Waals surface area contributed by atoms with E-state index in [-0.39, 0.29) is 0 Å². The van der Waals surface area contributed by atoms with Crippen LogP contribution in [-0.4, -0.2) is 33.0 Å². The van der Waals surface area contributed by atoms with Gasteiger partial charge in [0.15, 0.2) is 0 Å². The molecule has 0 aliphatic carbocycles. The molecule has 1 aliphatic rings. The van der Waals surface area contributed by atoms with Gasteiger partial charge in [0.2, 0.25) is 0 Å². The summed E-state index contributed by atoms with van der Waals surface area (Å²) in [6.45, 7) is 4.99. The third-order valence-corrected chi connectivity index (χ3v) is 4.14. The summed E-state index contributed by atoms with van der Waals surface area (Å²) in [7, 11) is 1.75. The molecule has 1 aliphatic heterocycles. The highest BCUT2D eigenvalue weighted by Crippen LogP contribution is 2.25. The lowest BCUT2D eigenvalue weighted by Crippen LogP contribution is -2.26. The lowest BCUT2D eigenvalue weighted by atomic mass is 9.97. The molecule has 2 rings (SSSR count). The average Bonchev–Trinajstić information content (AvgIpc) is 3.03. The van der Waals surface area contributed by atoms with Crippen LogP contribution in [0.2, 0.25) is 0 Å².